The number of nitro benzene ring substituents is 6. The standard InChI is InChI=1S/C49H42N10O12/c1-47(2,3)24-18-35(54(60)61)44(36(19-24)55(62)63)41-29-12-10-27(50-29)28-11-13-30(51-28)42(45-37(56(64)65)20-25(48(4,5)6)21-38(45)57(66)67)32-15-17-34(53-32)43(33-16-14-31(41)52-33)46-39(58(68)69)22-26(49(7,8)9)23-40(46)59(70)71/h10-23,50H,1-9H3. The normalized spacial score (nSPS) is 15.4. The van der Waals surface area contributed by atoms with Gasteiger partial charge in [-0.15, -0.1) is 0 Å². The second-order valence-corrected chi connectivity index (χ2v) is 20.0. The SMILES string of the molecule is CC(C)(C)c1cc([N+](=O)[O-])c(C2=C3C=CC(=N3)C(c3c([N+](=O)[O-])cc(C(C)(C)C)cc3[N+](=O)[O-])=C3C=CC(=N3)C(c3c([N+](=O)[O-])cc(C(C)(C)C)cc3[N+](=O)[O-])=c3ccc([nH]3)=C3C=CC2=N3)c([N+](=O)[O-])c1. The summed E-state index contributed by atoms with van der Waals surface area (Å²) in [4.78, 5) is 91.6. The van der Waals surface area contributed by atoms with Crippen molar-refractivity contribution in [3.8, 4) is 0 Å². The zero-order valence-corrected chi connectivity index (χ0v) is 39.5. The van der Waals surface area contributed by atoms with E-state index in [0.29, 0.717) is 0 Å². The molecule has 0 amide bonds. The zero-order chi connectivity index (χ0) is 52.0. The van der Waals surface area contributed by atoms with E-state index in [4.69, 9.17) is 15.0 Å². The molecule has 0 aliphatic carbocycles. The van der Waals surface area contributed by atoms with Gasteiger partial charge in [-0.25, -0.2) is 15.0 Å². The predicted molar refractivity (Wildman–Crippen MR) is 265 cm³/mol. The molecular formula is C49H42N10O12. The van der Waals surface area contributed by atoms with E-state index < -0.39 is 96.6 Å². The van der Waals surface area contributed by atoms with E-state index in [1.54, 1.807) is 62.3 Å². The Labute approximate surface area is 401 Å². The number of hydrogen-bond acceptors (Lipinski definition) is 15. The number of nitro groups is 6. The van der Waals surface area contributed by atoms with Gasteiger partial charge in [-0.3, -0.25) is 60.7 Å². The molecule has 0 atom stereocenters. The number of aromatic amines is 1. The summed E-state index contributed by atoms with van der Waals surface area (Å²) in [7, 11) is 0. The van der Waals surface area contributed by atoms with Crippen LogP contribution < -0.4 is 10.7 Å². The molecule has 0 fully saturated rings. The van der Waals surface area contributed by atoms with Crippen LogP contribution >= 0.6 is 0 Å². The first-order valence-corrected chi connectivity index (χ1v) is 21.7. The first-order valence-electron chi connectivity index (χ1n) is 21.7. The second-order valence-electron chi connectivity index (χ2n) is 20.0. The number of rotatable bonds is 9. The summed E-state index contributed by atoms with van der Waals surface area (Å²) >= 11 is 0. The van der Waals surface area contributed by atoms with Crippen molar-refractivity contribution in [2.24, 2.45) is 15.0 Å². The minimum absolute atomic E-state index is 0.0354. The zero-order valence-electron chi connectivity index (χ0n) is 39.5. The highest BCUT2D eigenvalue weighted by Crippen LogP contribution is 2.47. The molecule has 0 radical (unpaired) electrons. The van der Waals surface area contributed by atoms with Gasteiger partial charge in [-0.2, -0.15) is 0 Å². The molecule has 22 nitrogen and oxygen atoms in total. The Morgan fingerprint density at radius 1 is 0.366 bits per heavy atom. The Bertz CT molecular complexity index is 3490. The molecular weight excluding hydrogens is 921 g/mol. The van der Waals surface area contributed by atoms with Gasteiger partial charge in [0.1, 0.15) is 16.7 Å². The molecule has 71 heavy (non-hydrogen) atoms. The fraction of sp³-hybridized carbons (Fsp3) is 0.245. The van der Waals surface area contributed by atoms with Crippen LogP contribution in [-0.2, 0) is 16.2 Å². The summed E-state index contributed by atoms with van der Waals surface area (Å²) < 4.78 is 0. The molecule has 0 saturated carbocycles. The molecule has 3 aromatic carbocycles. The lowest BCUT2D eigenvalue weighted by atomic mass is 9.84. The van der Waals surface area contributed by atoms with E-state index in [0.717, 1.165) is 0 Å². The van der Waals surface area contributed by atoms with Crippen molar-refractivity contribution in [1.82, 2.24) is 4.98 Å². The first-order chi connectivity index (χ1) is 33.1. The molecule has 4 aliphatic heterocycles. The van der Waals surface area contributed by atoms with Gasteiger partial charge in [0.25, 0.3) is 34.1 Å². The second kappa shape index (κ2) is 16.8. The lowest BCUT2D eigenvalue weighted by Gasteiger charge is -2.20. The van der Waals surface area contributed by atoms with Crippen molar-refractivity contribution in [2.45, 2.75) is 78.6 Å². The Kier molecular flexibility index (Phi) is 11.4. The molecule has 4 aliphatic rings. The molecule has 8 rings (SSSR count). The number of aromatic nitrogens is 1. The molecule has 5 heterocycles. The van der Waals surface area contributed by atoms with Gasteiger partial charge in [0.05, 0.1) is 69.1 Å². The smallest absolute Gasteiger partial charge is 0.284 e. The summed E-state index contributed by atoms with van der Waals surface area (Å²) in [5, 5.41) is 79.0. The van der Waals surface area contributed by atoms with Crippen LogP contribution in [0.25, 0.3) is 22.4 Å². The first kappa shape index (κ1) is 48.3. The maximum Gasteiger partial charge on any atom is 0.284 e. The van der Waals surface area contributed by atoms with E-state index in [-0.39, 0.29) is 78.3 Å². The van der Waals surface area contributed by atoms with Crippen molar-refractivity contribution < 1.29 is 29.5 Å². The van der Waals surface area contributed by atoms with E-state index in [1.165, 1.54) is 85.0 Å². The number of fused-ring (bicyclic) bond motifs is 5. The van der Waals surface area contributed by atoms with Crippen molar-refractivity contribution >= 4 is 73.7 Å². The minimum Gasteiger partial charge on any atom is -0.353 e. The van der Waals surface area contributed by atoms with Gasteiger partial charge in [0.2, 0.25) is 0 Å². The van der Waals surface area contributed by atoms with E-state index in [1.807, 2.05) is 0 Å². The van der Waals surface area contributed by atoms with Gasteiger partial charge in [0.15, 0.2) is 0 Å². The lowest BCUT2D eigenvalue weighted by Crippen LogP contribution is -2.21. The number of nitrogens with zero attached hydrogens (tertiary/aromatic N) is 9. The Balaban J connectivity index is 1.62. The van der Waals surface area contributed by atoms with Gasteiger partial charge in [-0.05, 0) is 81.5 Å². The minimum atomic E-state index is -0.857. The van der Waals surface area contributed by atoms with Gasteiger partial charge >= 0.3 is 0 Å². The largest absolute Gasteiger partial charge is 0.353 e. The lowest BCUT2D eigenvalue weighted by molar-refractivity contribution is -0.394. The number of benzene rings is 3. The topological polar surface area (TPSA) is 312 Å². The molecule has 8 bridgehead atoms. The maximum atomic E-state index is 13.2. The summed E-state index contributed by atoms with van der Waals surface area (Å²) in [6.07, 6.45) is 8.21. The number of allylic oxidation sites excluding steroid dienone is 7. The third kappa shape index (κ3) is 8.55. The summed E-state index contributed by atoms with van der Waals surface area (Å²) in [6, 6.07) is 10.2. The maximum absolute atomic E-state index is 13.2. The van der Waals surface area contributed by atoms with Gasteiger partial charge in [-0.1, -0.05) is 62.3 Å². The number of hydrogen-bond donors (Lipinski definition) is 1. The van der Waals surface area contributed by atoms with Gasteiger partial charge in [0, 0.05) is 58.5 Å². The van der Waals surface area contributed by atoms with Crippen LogP contribution in [0.4, 0.5) is 34.1 Å². The Morgan fingerprint density at radius 3 is 0.915 bits per heavy atom. The fourth-order valence-corrected chi connectivity index (χ4v) is 8.57. The number of H-pyrrole nitrogens is 1. The highest BCUT2D eigenvalue weighted by molar-refractivity contribution is 6.39. The van der Waals surface area contributed by atoms with E-state index >= 15 is 0 Å². The molecule has 0 unspecified atom stereocenters. The van der Waals surface area contributed by atoms with Crippen LogP contribution in [0.3, 0.4) is 0 Å². The molecule has 4 aromatic rings. The molecule has 22 heteroatoms. The van der Waals surface area contributed by atoms with Crippen LogP contribution in [0.5, 0.6) is 0 Å². The van der Waals surface area contributed by atoms with Gasteiger partial charge < -0.3 is 4.98 Å². The molecule has 1 aromatic heterocycles. The number of nitrogens with one attached hydrogen (secondary N) is 1. The number of aliphatic imine (C=N–C) groups is 3. The van der Waals surface area contributed by atoms with Crippen molar-refractivity contribution in [1.29, 1.82) is 0 Å². The monoisotopic (exact) mass is 962 g/mol. The van der Waals surface area contributed by atoms with Crippen LogP contribution in [-0.4, -0.2) is 51.7 Å². The third-order valence-electron chi connectivity index (χ3n) is 12.3. The molecule has 360 valence electrons. The highest BCUT2D eigenvalue weighted by Gasteiger charge is 2.40. The van der Waals surface area contributed by atoms with Crippen LogP contribution in [0, 0.1) is 60.7 Å². The van der Waals surface area contributed by atoms with Crippen molar-refractivity contribution in [2.75, 3.05) is 0 Å². The summed E-state index contributed by atoms with van der Waals surface area (Å²) in [5.74, 6) is 0. The average molecular weight is 963 g/mol. The Morgan fingerprint density at radius 2 is 0.620 bits per heavy atom. The van der Waals surface area contributed by atoms with Crippen LogP contribution in [0.15, 0.2) is 111 Å². The van der Waals surface area contributed by atoms with Crippen molar-refractivity contribution in [3.63, 3.8) is 0 Å². The predicted octanol–water partition coefficient (Wildman–Crippen LogP) is 9.53. The van der Waals surface area contributed by atoms with E-state index in [2.05, 4.69) is 4.98 Å². The highest BCUT2D eigenvalue weighted by atomic mass is 16.6. The summed E-state index contributed by atoms with van der Waals surface area (Å²) in [6.45, 7) is 15.4. The quantitative estimate of drug-likeness (QED) is 0.121. The fourth-order valence-electron chi connectivity index (χ4n) is 8.57. The average Bonchev–Trinajstić information content (AvgIpc) is 4.12. The van der Waals surface area contributed by atoms with Crippen LogP contribution in [0.1, 0.15) is 95.7 Å². The van der Waals surface area contributed by atoms with Crippen LogP contribution in [0.2, 0.25) is 0 Å². The molecule has 0 saturated heterocycles. The molecule has 0 spiro atoms. The summed E-state index contributed by atoms with van der Waals surface area (Å²) in [5.41, 5.74) is -8.87. The van der Waals surface area contributed by atoms with Crippen molar-refractivity contribution in [3.05, 3.63) is 201 Å². The van der Waals surface area contributed by atoms with E-state index in [9.17, 15) is 60.7 Å². The third-order valence-corrected chi connectivity index (χ3v) is 12.3. The Hall–Kier alpha value is -9.21. The molecule has 1 N–H and O–H groups in total.